The minimum absolute atomic E-state index is 0.219. The van der Waals surface area contributed by atoms with Gasteiger partial charge in [0.25, 0.3) is 0 Å². The first kappa shape index (κ1) is 12.0. The van der Waals surface area contributed by atoms with Crippen LogP contribution >= 0.6 is 27.5 Å². The van der Waals surface area contributed by atoms with E-state index in [1.54, 1.807) is 6.07 Å². The lowest BCUT2D eigenvalue weighted by Gasteiger charge is -2.05. The molecule has 78 valence electrons. The maximum Gasteiger partial charge on any atom is 0.156 e. The first-order valence-corrected chi connectivity index (χ1v) is 5.66. The quantitative estimate of drug-likeness (QED) is 0.663. The summed E-state index contributed by atoms with van der Waals surface area (Å²) in [6.07, 6.45) is 2.66. The molecule has 0 fully saturated rings. The number of aryl methyl sites for hydroxylation is 1. The molecule has 14 heavy (non-hydrogen) atoms. The van der Waals surface area contributed by atoms with Gasteiger partial charge in [-0.2, -0.15) is 0 Å². The summed E-state index contributed by atoms with van der Waals surface area (Å²) in [4.78, 5) is 0. The van der Waals surface area contributed by atoms with E-state index in [1.807, 2.05) is 6.07 Å². The van der Waals surface area contributed by atoms with Crippen LogP contribution in [-0.4, -0.2) is 6.54 Å². The van der Waals surface area contributed by atoms with Gasteiger partial charge in [0.15, 0.2) is 5.82 Å². The van der Waals surface area contributed by atoms with Crippen LogP contribution in [-0.2, 0) is 6.42 Å². The Kier molecular flexibility index (Phi) is 4.85. The van der Waals surface area contributed by atoms with Gasteiger partial charge in [-0.05, 0) is 53.4 Å². The molecule has 0 aromatic heterocycles. The minimum Gasteiger partial charge on any atom is -0.330 e. The molecule has 0 saturated carbocycles. The first-order chi connectivity index (χ1) is 6.66. The van der Waals surface area contributed by atoms with Crippen molar-refractivity contribution in [2.75, 3.05) is 6.54 Å². The van der Waals surface area contributed by atoms with E-state index in [1.165, 1.54) is 0 Å². The van der Waals surface area contributed by atoms with E-state index >= 15 is 0 Å². The summed E-state index contributed by atoms with van der Waals surface area (Å²) in [7, 11) is 0. The first-order valence-electron chi connectivity index (χ1n) is 4.49. The summed E-state index contributed by atoms with van der Waals surface area (Å²) in [6, 6.07) is 3.52. The Morgan fingerprint density at radius 1 is 1.36 bits per heavy atom. The zero-order chi connectivity index (χ0) is 10.6. The third kappa shape index (κ3) is 2.94. The molecule has 0 amide bonds. The van der Waals surface area contributed by atoms with Crippen molar-refractivity contribution in [1.29, 1.82) is 0 Å². The number of hydrogen-bond acceptors (Lipinski definition) is 1. The molecule has 1 aromatic rings. The van der Waals surface area contributed by atoms with Gasteiger partial charge in [-0.1, -0.05) is 17.7 Å². The Morgan fingerprint density at radius 3 is 2.71 bits per heavy atom. The number of unbranched alkanes of at least 4 members (excludes halogenated alkanes) is 1. The van der Waals surface area contributed by atoms with E-state index in [0.29, 0.717) is 11.0 Å². The van der Waals surface area contributed by atoms with Crippen LogP contribution in [0.5, 0.6) is 0 Å². The van der Waals surface area contributed by atoms with Crippen LogP contribution in [0.3, 0.4) is 0 Å². The number of rotatable bonds is 4. The molecule has 0 saturated heterocycles. The summed E-state index contributed by atoms with van der Waals surface area (Å²) >= 11 is 8.92. The Labute approximate surface area is 96.6 Å². The Morgan fingerprint density at radius 2 is 2.07 bits per heavy atom. The van der Waals surface area contributed by atoms with Crippen LogP contribution < -0.4 is 5.73 Å². The fourth-order valence-corrected chi connectivity index (χ4v) is 1.92. The average molecular weight is 281 g/mol. The fourth-order valence-electron chi connectivity index (χ4n) is 1.22. The molecule has 4 heteroatoms. The molecule has 0 aliphatic rings. The molecule has 0 atom stereocenters. The predicted molar refractivity (Wildman–Crippen MR) is 61.1 cm³/mol. The smallest absolute Gasteiger partial charge is 0.156 e. The fraction of sp³-hybridized carbons (Fsp3) is 0.400. The highest BCUT2D eigenvalue weighted by atomic mass is 79.9. The van der Waals surface area contributed by atoms with Crippen molar-refractivity contribution in [3.63, 3.8) is 0 Å². The van der Waals surface area contributed by atoms with Gasteiger partial charge < -0.3 is 5.73 Å². The van der Waals surface area contributed by atoms with Gasteiger partial charge >= 0.3 is 0 Å². The van der Waals surface area contributed by atoms with Gasteiger partial charge in [-0.3, -0.25) is 0 Å². The molecule has 2 N–H and O–H groups in total. The van der Waals surface area contributed by atoms with E-state index < -0.39 is 0 Å². The van der Waals surface area contributed by atoms with Crippen molar-refractivity contribution in [3.05, 3.63) is 33.0 Å². The zero-order valence-electron chi connectivity index (χ0n) is 7.69. The maximum absolute atomic E-state index is 13.3. The van der Waals surface area contributed by atoms with Gasteiger partial charge in [-0.25, -0.2) is 4.39 Å². The lowest BCUT2D eigenvalue weighted by molar-refractivity contribution is 0.617. The summed E-state index contributed by atoms with van der Waals surface area (Å²) in [5.74, 6) is -0.378. The molecule has 0 aliphatic carbocycles. The number of nitrogens with two attached hydrogens (primary N) is 1. The monoisotopic (exact) mass is 279 g/mol. The van der Waals surface area contributed by atoms with E-state index in [9.17, 15) is 4.39 Å². The van der Waals surface area contributed by atoms with Crippen LogP contribution in [0.25, 0.3) is 0 Å². The molecule has 1 rings (SSSR count). The molecule has 0 radical (unpaired) electrons. The second-order valence-corrected chi connectivity index (χ2v) is 4.31. The average Bonchev–Trinajstić information content (AvgIpc) is 2.18. The van der Waals surface area contributed by atoms with Crippen molar-refractivity contribution in [1.82, 2.24) is 0 Å². The topological polar surface area (TPSA) is 26.0 Å². The second kappa shape index (κ2) is 5.69. The standard InChI is InChI=1S/C10H12BrClFN/c11-8-5-4-7(3-1-2-6-14)9(12)10(8)13/h4-5H,1-3,6,14H2. The van der Waals surface area contributed by atoms with Gasteiger partial charge in [-0.15, -0.1) is 0 Å². The molecule has 0 spiro atoms. The minimum atomic E-state index is -0.378. The van der Waals surface area contributed by atoms with Crippen LogP contribution in [0.2, 0.25) is 5.02 Å². The van der Waals surface area contributed by atoms with Crippen molar-refractivity contribution in [3.8, 4) is 0 Å². The van der Waals surface area contributed by atoms with Crippen molar-refractivity contribution < 1.29 is 4.39 Å². The molecule has 0 aliphatic heterocycles. The summed E-state index contributed by atoms with van der Waals surface area (Å²) in [5.41, 5.74) is 6.22. The largest absolute Gasteiger partial charge is 0.330 e. The lowest BCUT2D eigenvalue weighted by Crippen LogP contribution is -1.99. The molecular weight excluding hydrogens is 268 g/mol. The zero-order valence-corrected chi connectivity index (χ0v) is 10.0. The van der Waals surface area contributed by atoms with Crippen LogP contribution in [0, 0.1) is 5.82 Å². The van der Waals surface area contributed by atoms with Gasteiger partial charge in [0.05, 0.1) is 9.50 Å². The highest BCUT2D eigenvalue weighted by Gasteiger charge is 2.09. The molecule has 0 unspecified atom stereocenters. The highest BCUT2D eigenvalue weighted by molar-refractivity contribution is 9.10. The predicted octanol–water partition coefficient (Wildman–Crippen LogP) is 3.52. The second-order valence-electron chi connectivity index (χ2n) is 3.08. The van der Waals surface area contributed by atoms with E-state index in [4.69, 9.17) is 17.3 Å². The molecular formula is C10H12BrClFN. The summed E-state index contributed by atoms with van der Waals surface area (Å²) in [5, 5.41) is 0.219. The Bertz CT molecular complexity index is 317. The van der Waals surface area contributed by atoms with Crippen molar-refractivity contribution in [2.24, 2.45) is 5.73 Å². The number of benzene rings is 1. The molecule has 0 heterocycles. The molecule has 0 bridgehead atoms. The highest BCUT2D eigenvalue weighted by Crippen LogP contribution is 2.27. The Balaban J connectivity index is 2.73. The SMILES string of the molecule is NCCCCc1ccc(Br)c(F)c1Cl. The van der Waals surface area contributed by atoms with Gasteiger partial charge in [0.2, 0.25) is 0 Å². The van der Waals surface area contributed by atoms with Gasteiger partial charge in [0, 0.05) is 0 Å². The number of halogens is 3. The van der Waals surface area contributed by atoms with Crippen LogP contribution in [0.1, 0.15) is 18.4 Å². The lowest BCUT2D eigenvalue weighted by atomic mass is 10.1. The normalized spacial score (nSPS) is 10.6. The maximum atomic E-state index is 13.3. The van der Waals surface area contributed by atoms with Crippen molar-refractivity contribution in [2.45, 2.75) is 19.3 Å². The van der Waals surface area contributed by atoms with Gasteiger partial charge in [0.1, 0.15) is 0 Å². The van der Waals surface area contributed by atoms with Crippen LogP contribution in [0.15, 0.2) is 16.6 Å². The number of hydrogen-bond donors (Lipinski definition) is 1. The van der Waals surface area contributed by atoms with E-state index in [0.717, 1.165) is 24.8 Å². The third-order valence-electron chi connectivity index (χ3n) is 2.02. The molecule has 1 nitrogen and oxygen atoms in total. The van der Waals surface area contributed by atoms with Crippen LogP contribution in [0.4, 0.5) is 4.39 Å². The van der Waals surface area contributed by atoms with E-state index in [2.05, 4.69) is 15.9 Å². The van der Waals surface area contributed by atoms with Crippen molar-refractivity contribution >= 4 is 27.5 Å². The summed E-state index contributed by atoms with van der Waals surface area (Å²) in [6.45, 7) is 0.663. The molecule has 1 aromatic carbocycles. The third-order valence-corrected chi connectivity index (χ3v) is 3.04. The Hall–Kier alpha value is -0.120. The summed E-state index contributed by atoms with van der Waals surface area (Å²) < 4.78 is 13.7. The van der Waals surface area contributed by atoms with E-state index in [-0.39, 0.29) is 10.8 Å².